The molecule has 8 heteroatoms. The molecule has 3 rings (SSSR count). The second kappa shape index (κ2) is 7.61. The van der Waals surface area contributed by atoms with Gasteiger partial charge in [-0.3, -0.25) is 4.79 Å². The molecule has 1 fully saturated rings. The van der Waals surface area contributed by atoms with Crippen molar-refractivity contribution in [3.63, 3.8) is 0 Å². The SMILES string of the molecule is CN(C)S(=O)(=O)c1ccc2c(c1)N(C(=O)[C@@H]1CCC[C@@H]1CN)CC2.Cl. The molecule has 25 heavy (non-hydrogen) atoms. The van der Waals surface area contributed by atoms with Crippen LogP contribution in [0, 0.1) is 11.8 Å². The predicted molar refractivity (Wildman–Crippen MR) is 101 cm³/mol. The van der Waals surface area contributed by atoms with Gasteiger partial charge in [0, 0.05) is 32.2 Å². The standard InChI is InChI=1S/C17H25N3O3S.ClH/c1-19(2)24(22,23)14-7-6-12-8-9-20(16(12)10-14)17(21)15-5-3-4-13(15)11-18;/h6-7,10,13,15H,3-5,8-9,11,18H2,1-2H3;1H/t13-,15-;/m1./s1. The highest BCUT2D eigenvalue weighted by atomic mass is 35.5. The van der Waals surface area contributed by atoms with Gasteiger partial charge >= 0.3 is 0 Å². The zero-order valence-corrected chi connectivity index (χ0v) is 16.3. The lowest BCUT2D eigenvalue weighted by Crippen LogP contribution is -2.38. The average molecular weight is 388 g/mol. The van der Waals surface area contributed by atoms with Gasteiger partial charge < -0.3 is 10.6 Å². The normalized spacial score (nSPS) is 22.8. The second-order valence-electron chi connectivity index (χ2n) is 6.85. The zero-order valence-electron chi connectivity index (χ0n) is 14.6. The van der Waals surface area contributed by atoms with Crippen LogP contribution in [-0.2, 0) is 21.2 Å². The third-order valence-electron chi connectivity index (χ3n) is 5.28. The Kier molecular flexibility index (Phi) is 6.14. The molecule has 1 aliphatic heterocycles. The number of nitrogens with zero attached hydrogens (tertiary/aromatic N) is 2. The van der Waals surface area contributed by atoms with Crippen molar-refractivity contribution in [2.45, 2.75) is 30.6 Å². The van der Waals surface area contributed by atoms with Crippen molar-refractivity contribution in [3.8, 4) is 0 Å². The van der Waals surface area contributed by atoms with Crippen molar-refractivity contribution in [2.75, 3.05) is 32.1 Å². The number of fused-ring (bicyclic) bond motifs is 1. The number of nitrogens with two attached hydrogens (primary N) is 1. The van der Waals surface area contributed by atoms with Gasteiger partial charge in [0.1, 0.15) is 0 Å². The Bertz CT molecular complexity index is 752. The van der Waals surface area contributed by atoms with E-state index in [2.05, 4.69) is 0 Å². The van der Waals surface area contributed by atoms with Crippen LogP contribution in [0.15, 0.2) is 23.1 Å². The quantitative estimate of drug-likeness (QED) is 0.850. The van der Waals surface area contributed by atoms with Crippen molar-refractivity contribution >= 4 is 34.0 Å². The highest BCUT2D eigenvalue weighted by molar-refractivity contribution is 7.89. The van der Waals surface area contributed by atoms with Crippen molar-refractivity contribution in [2.24, 2.45) is 17.6 Å². The summed E-state index contributed by atoms with van der Waals surface area (Å²) < 4.78 is 25.9. The molecule has 2 N–H and O–H groups in total. The fraction of sp³-hybridized carbons (Fsp3) is 0.588. The molecule has 2 atom stereocenters. The molecule has 0 bridgehead atoms. The Labute approximate surface area is 155 Å². The first kappa shape index (κ1) is 20.2. The molecular formula is C17H26ClN3O3S. The van der Waals surface area contributed by atoms with Crippen LogP contribution in [0.4, 0.5) is 5.69 Å². The summed E-state index contributed by atoms with van der Waals surface area (Å²) >= 11 is 0. The minimum atomic E-state index is -3.51. The molecule has 0 saturated heterocycles. The Balaban J connectivity index is 0.00000225. The van der Waals surface area contributed by atoms with Crippen LogP contribution in [0.1, 0.15) is 24.8 Å². The van der Waals surface area contributed by atoms with E-state index >= 15 is 0 Å². The molecule has 1 aromatic carbocycles. The van der Waals surface area contributed by atoms with Crippen LogP contribution < -0.4 is 10.6 Å². The number of hydrogen-bond acceptors (Lipinski definition) is 4. The summed E-state index contributed by atoms with van der Waals surface area (Å²) in [6.45, 7) is 1.15. The van der Waals surface area contributed by atoms with E-state index in [0.29, 0.717) is 13.1 Å². The molecular weight excluding hydrogens is 362 g/mol. The molecule has 1 aromatic rings. The van der Waals surface area contributed by atoms with Gasteiger partial charge in [-0.25, -0.2) is 12.7 Å². The fourth-order valence-corrected chi connectivity index (χ4v) is 4.73. The van der Waals surface area contributed by atoms with E-state index in [1.54, 1.807) is 17.0 Å². The molecule has 0 aromatic heterocycles. The Morgan fingerprint density at radius 3 is 2.68 bits per heavy atom. The van der Waals surface area contributed by atoms with E-state index in [9.17, 15) is 13.2 Å². The zero-order chi connectivity index (χ0) is 17.5. The summed E-state index contributed by atoms with van der Waals surface area (Å²) in [7, 11) is -0.487. The van der Waals surface area contributed by atoms with Crippen molar-refractivity contribution in [1.82, 2.24) is 4.31 Å². The summed E-state index contributed by atoms with van der Waals surface area (Å²) in [6.07, 6.45) is 3.68. The lowest BCUT2D eigenvalue weighted by atomic mass is 9.94. The topological polar surface area (TPSA) is 83.7 Å². The van der Waals surface area contributed by atoms with Crippen molar-refractivity contribution < 1.29 is 13.2 Å². The van der Waals surface area contributed by atoms with E-state index in [0.717, 1.165) is 36.9 Å². The summed E-state index contributed by atoms with van der Waals surface area (Å²) in [5, 5.41) is 0. The van der Waals surface area contributed by atoms with E-state index in [-0.39, 0.29) is 35.0 Å². The van der Waals surface area contributed by atoms with Crippen molar-refractivity contribution in [3.05, 3.63) is 23.8 Å². The second-order valence-corrected chi connectivity index (χ2v) is 9.00. The third kappa shape index (κ3) is 3.56. The highest BCUT2D eigenvalue weighted by Crippen LogP contribution is 2.37. The van der Waals surface area contributed by atoms with Gasteiger partial charge in [0.15, 0.2) is 0 Å². The smallest absolute Gasteiger partial charge is 0.242 e. The maximum absolute atomic E-state index is 13.0. The van der Waals surface area contributed by atoms with Gasteiger partial charge in [0.25, 0.3) is 0 Å². The van der Waals surface area contributed by atoms with Gasteiger partial charge in [0.05, 0.1) is 4.90 Å². The largest absolute Gasteiger partial charge is 0.330 e. The van der Waals surface area contributed by atoms with Crippen LogP contribution in [0.2, 0.25) is 0 Å². The van der Waals surface area contributed by atoms with Gasteiger partial charge in [-0.05, 0) is 49.4 Å². The number of carbonyl (C=O) groups is 1. The van der Waals surface area contributed by atoms with Crippen molar-refractivity contribution in [1.29, 1.82) is 0 Å². The molecule has 0 radical (unpaired) electrons. The Morgan fingerprint density at radius 1 is 1.32 bits per heavy atom. The lowest BCUT2D eigenvalue weighted by molar-refractivity contribution is -0.123. The Hall–Kier alpha value is -1.15. The fourth-order valence-electron chi connectivity index (χ4n) is 3.80. The van der Waals surface area contributed by atoms with E-state index in [4.69, 9.17) is 5.73 Å². The third-order valence-corrected chi connectivity index (χ3v) is 7.09. The van der Waals surface area contributed by atoms with Crippen LogP contribution in [0.3, 0.4) is 0 Å². The number of rotatable bonds is 4. The maximum atomic E-state index is 13.0. The summed E-state index contributed by atoms with van der Waals surface area (Å²) in [5.74, 6) is 0.311. The predicted octanol–water partition coefficient (Wildman–Crippen LogP) is 1.62. The van der Waals surface area contributed by atoms with E-state index in [1.165, 1.54) is 18.4 Å². The van der Waals surface area contributed by atoms with E-state index < -0.39 is 10.0 Å². The number of benzene rings is 1. The van der Waals surface area contributed by atoms with Gasteiger partial charge in [-0.15, -0.1) is 12.4 Å². The molecule has 1 aliphatic carbocycles. The number of amides is 1. The first-order valence-corrected chi connectivity index (χ1v) is 9.87. The number of carbonyl (C=O) groups excluding carboxylic acids is 1. The number of halogens is 1. The minimum absolute atomic E-state index is 0. The monoisotopic (exact) mass is 387 g/mol. The molecule has 1 heterocycles. The number of hydrogen-bond donors (Lipinski definition) is 1. The molecule has 1 saturated carbocycles. The summed E-state index contributed by atoms with van der Waals surface area (Å²) in [4.78, 5) is 15.0. The van der Waals surface area contributed by atoms with Gasteiger partial charge in [-0.2, -0.15) is 0 Å². The summed E-state index contributed by atoms with van der Waals surface area (Å²) in [5.41, 5.74) is 7.59. The average Bonchev–Trinajstić information content (AvgIpc) is 3.19. The van der Waals surface area contributed by atoms with Gasteiger partial charge in [-0.1, -0.05) is 12.5 Å². The Morgan fingerprint density at radius 2 is 2.04 bits per heavy atom. The molecule has 6 nitrogen and oxygen atoms in total. The van der Waals surface area contributed by atoms with Crippen LogP contribution in [0.5, 0.6) is 0 Å². The first-order valence-electron chi connectivity index (χ1n) is 8.43. The van der Waals surface area contributed by atoms with Crippen LogP contribution in [-0.4, -0.2) is 45.8 Å². The molecule has 140 valence electrons. The molecule has 0 unspecified atom stereocenters. The first-order chi connectivity index (χ1) is 11.4. The minimum Gasteiger partial charge on any atom is -0.330 e. The number of anilines is 1. The number of sulfonamides is 1. The maximum Gasteiger partial charge on any atom is 0.242 e. The highest BCUT2D eigenvalue weighted by Gasteiger charge is 2.37. The van der Waals surface area contributed by atoms with E-state index in [1.807, 2.05) is 6.07 Å². The summed E-state index contributed by atoms with van der Waals surface area (Å²) in [6, 6.07) is 5.09. The van der Waals surface area contributed by atoms with Gasteiger partial charge in [0.2, 0.25) is 15.9 Å². The molecule has 1 amide bonds. The lowest BCUT2D eigenvalue weighted by Gasteiger charge is -2.25. The van der Waals surface area contributed by atoms with Crippen LogP contribution >= 0.6 is 12.4 Å². The molecule has 2 aliphatic rings. The molecule has 0 spiro atoms. The van der Waals surface area contributed by atoms with Crippen LogP contribution in [0.25, 0.3) is 0 Å².